The van der Waals surface area contributed by atoms with E-state index in [0.29, 0.717) is 29.8 Å². The summed E-state index contributed by atoms with van der Waals surface area (Å²) < 4.78 is 0. The number of hydrogen-bond donors (Lipinski definition) is 4. The molecule has 4 aromatic carbocycles. The van der Waals surface area contributed by atoms with Crippen molar-refractivity contribution in [3.63, 3.8) is 0 Å². The highest BCUT2D eigenvalue weighted by atomic mass is 16.4. The summed E-state index contributed by atoms with van der Waals surface area (Å²) >= 11 is 0. The molecule has 0 radical (unpaired) electrons. The number of aliphatic hydroxyl groups is 1. The normalized spacial score (nSPS) is 12.7. The van der Waals surface area contributed by atoms with Crippen molar-refractivity contribution in [3.05, 3.63) is 162 Å². The first kappa shape index (κ1) is 34.3. The third-order valence-electron chi connectivity index (χ3n) is 8.12. The molecular formula is C39H38N5O5-. The second-order valence-electron chi connectivity index (χ2n) is 11.7. The molecule has 5 rings (SSSR count). The van der Waals surface area contributed by atoms with Crippen LogP contribution in [0.1, 0.15) is 44.0 Å². The first-order chi connectivity index (χ1) is 23.8. The van der Waals surface area contributed by atoms with Crippen LogP contribution in [0, 0.1) is 0 Å². The van der Waals surface area contributed by atoms with Crippen LogP contribution in [0.15, 0.2) is 134 Å². The fourth-order valence-electron chi connectivity index (χ4n) is 5.70. The molecule has 49 heavy (non-hydrogen) atoms. The summed E-state index contributed by atoms with van der Waals surface area (Å²) in [7, 11) is 0. The van der Waals surface area contributed by atoms with Gasteiger partial charge in [0.2, 0.25) is 0 Å². The van der Waals surface area contributed by atoms with Gasteiger partial charge in [-0.15, -0.1) is 0 Å². The molecule has 0 aliphatic rings. The average Bonchev–Trinajstić information content (AvgIpc) is 3.11. The molecule has 10 nitrogen and oxygen atoms in total. The molecule has 0 aliphatic heterocycles. The lowest BCUT2D eigenvalue weighted by atomic mass is 9.93. The van der Waals surface area contributed by atoms with Crippen LogP contribution in [0.25, 0.3) is 0 Å². The van der Waals surface area contributed by atoms with Gasteiger partial charge >= 0.3 is 0 Å². The predicted molar refractivity (Wildman–Crippen MR) is 187 cm³/mol. The smallest absolute Gasteiger partial charge is 0.253 e. The zero-order valence-corrected chi connectivity index (χ0v) is 26.8. The monoisotopic (exact) mass is 656 g/mol. The quantitative estimate of drug-likeness (QED) is 0.131. The van der Waals surface area contributed by atoms with E-state index >= 15 is 0 Å². The van der Waals surface area contributed by atoms with E-state index in [9.17, 15) is 24.6 Å². The number of carbonyl (C=O) groups excluding carboxylic acids is 3. The van der Waals surface area contributed by atoms with Crippen molar-refractivity contribution < 1.29 is 24.6 Å². The highest BCUT2D eigenvalue weighted by Gasteiger charge is 2.28. The maximum Gasteiger partial charge on any atom is 0.253 e. The van der Waals surface area contributed by atoms with Gasteiger partial charge in [0.15, 0.2) is 0 Å². The van der Waals surface area contributed by atoms with Crippen molar-refractivity contribution in [2.45, 2.75) is 44.0 Å². The summed E-state index contributed by atoms with van der Waals surface area (Å²) in [6.45, 7) is -0.118. The Labute approximate surface area is 285 Å². The number of nitrogen functional groups attached to an aromatic ring is 1. The standard InChI is InChI=1S/C39H39N5O5/c40-30-17-11-16-29(24-30)37(46)43-34(23-28-14-5-2-6-15-28)36(45)25-32(22-27-12-3-1-4-13-27)42-38(47)33-19-7-8-20-35(33)44(39(48)49)26-31-18-9-10-21-41-31/h1-21,24,32,34,36,45H,22-23,25-26,40H2,(H,42,47)(H,43,46)(H,48,49)/p-1/t32-,34-,36-/m0/s1. The molecule has 3 atom stereocenters. The van der Waals surface area contributed by atoms with Crippen LogP contribution in [0.5, 0.6) is 0 Å². The number of nitrogens with one attached hydrogen (secondary N) is 2. The van der Waals surface area contributed by atoms with Crippen molar-refractivity contribution in [1.29, 1.82) is 0 Å². The zero-order chi connectivity index (χ0) is 34.6. The molecule has 250 valence electrons. The summed E-state index contributed by atoms with van der Waals surface area (Å²) in [5.74, 6) is -0.917. The van der Waals surface area contributed by atoms with Crippen LogP contribution in [0.3, 0.4) is 0 Å². The van der Waals surface area contributed by atoms with Crippen molar-refractivity contribution in [2.75, 3.05) is 10.6 Å². The van der Waals surface area contributed by atoms with Gasteiger partial charge in [-0.2, -0.15) is 0 Å². The SMILES string of the molecule is Nc1cccc(C(=O)N[C@@H](Cc2ccccc2)[C@@H](O)C[C@H](Cc2ccccc2)NC(=O)c2ccccc2N(Cc2ccccn2)C(=O)[O-])c1. The molecule has 0 bridgehead atoms. The lowest BCUT2D eigenvalue weighted by Crippen LogP contribution is -2.49. The van der Waals surface area contributed by atoms with Gasteiger partial charge in [-0.3, -0.25) is 14.6 Å². The summed E-state index contributed by atoms with van der Waals surface area (Å²) in [5, 5.41) is 30.1. The Morgan fingerprint density at radius 2 is 1.41 bits per heavy atom. The molecule has 0 saturated carbocycles. The van der Waals surface area contributed by atoms with Crippen LogP contribution < -0.4 is 26.4 Å². The van der Waals surface area contributed by atoms with Crippen molar-refractivity contribution in [2.24, 2.45) is 0 Å². The molecule has 0 saturated heterocycles. The minimum Gasteiger partial charge on any atom is -0.530 e. The van der Waals surface area contributed by atoms with Crippen LogP contribution in [0.4, 0.5) is 16.2 Å². The number of amides is 3. The van der Waals surface area contributed by atoms with Crippen molar-refractivity contribution >= 4 is 29.3 Å². The van der Waals surface area contributed by atoms with E-state index in [0.717, 1.165) is 16.0 Å². The third-order valence-corrected chi connectivity index (χ3v) is 8.12. The van der Waals surface area contributed by atoms with Gasteiger partial charge in [0.25, 0.3) is 11.8 Å². The van der Waals surface area contributed by atoms with E-state index in [-0.39, 0.29) is 30.1 Å². The van der Waals surface area contributed by atoms with E-state index in [2.05, 4.69) is 15.6 Å². The van der Waals surface area contributed by atoms with Gasteiger partial charge in [-0.25, -0.2) is 0 Å². The number of hydrogen-bond acceptors (Lipinski definition) is 7. The lowest BCUT2D eigenvalue weighted by Gasteiger charge is -2.30. The molecule has 5 N–H and O–H groups in total. The van der Waals surface area contributed by atoms with Gasteiger partial charge in [-0.1, -0.05) is 84.9 Å². The third kappa shape index (κ3) is 9.75. The summed E-state index contributed by atoms with van der Waals surface area (Å²) in [6, 6.07) is 35.8. The van der Waals surface area contributed by atoms with Gasteiger partial charge in [0.1, 0.15) is 6.09 Å². The molecule has 1 aromatic heterocycles. The number of aromatic nitrogens is 1. The van der Waals surface area contributed by atoms with Crippen LogP contribution >= 0.6 is 0 Å². The summed E-state index contributed by atoms with van der Waals surface area (Å²) in [6.07, 6.45) is -0.232. The van der Waals surface area contributed by atoms with Crippen LogP contribution in [-0.2, 0) is 19.4 Å². The van der Waals surface area contributed by atoms with E-state index < -0.39 is 30.2 Å². The molecule has 10 heteroatoms. The molecule has 0 fully saturated rings. The largest absolute Gasteiger partial charge is 0.530 e. The Bertz CT molecular complexity index is 1840. The number of para-hydroxylation sites is 1. The van der Waals surface area contributed by atoms with Gasteiger partial charge in [-0.05, 0) is 72.9 Å². The number of carboxylic acid groups (broad SMARTS) is 1. The number of carbonyl (C=O) groups is 3. The fraction of sp³-hybridized carbons (Fsp3) is 0.179. The molecule has 0 unspecified atom stereocenters. The van der Waals surface area contributed by atoms with Gasteiger partial charge < -0.3 is 36.3 Å². The zero-order valence-electron chi connectivity index (χ0n) is 26.8. The Morgan fingerprint density at radius 3 is 2.06 bits per heavy atom. The molecule has 5 aromatic rings. The van der Waals surface area contributed by atoms with E-state index in [1.165, 1.54) is 6.07 Å². The second kappa shape index (κ2) is 16.7. The first-order valence-corrected chi connectivity index (χ1v) is 16.0. The number of pyridine rings is 1. The highest BCUT2D eigenvalue weighted by molar-refractivity contribution is 6.03. The second-order valence-corrected chi connectivity index (χ2v) is 11.7. The summed E-state index contributed by atoms with van der Waals surface area (Å²) in [5.41, 5.74) is 9.29. The highest BCUT2D eigenvalue weighted by Crippen LogP contribution is 2.23. The average molecular weight is 657 g/mol. The minimum absolute atomic E-state index is 0.0790. The van der Waals surface area contributed by atoms with Crippen LogP contribution in [0.2, 0.25) is 0 Å². The van der Waals surface area contributed by atoms with Crippen molar-refractivity contribution in [1.82, 2.24) is 15.6 Å². The maximum absolute atomic E-state index is 14.0. The van der Waals surface area contributed by atoms with E-state index in [1.807, 2.05) is 60.7 Å². The Balaban J connectivity index is 1.41. The number of benzene rings is 4. The topological polar surface area (TPSA) is 161 Å². The Kier molecular flexibility index (Phi) is 11.7. The predicted octanol–water partition coefficient (Wildman–Crippen LogP) is 4.15. The summed E-state index contributed by atoms with van der Waals surface area (Å²) in [4.78, 5) is 44.8. The molecular weight excluding hydrogens is 618 g/mol. The van der Waals surface area contributed by atoms with Crippen LogP contribution in [-0.4, -0.2) is 46.2 Å². The molecule has 1 heterocycles. The minimum atomic E-state index is -1.48. The van der Waals surface area contributed by atoms with Gasteiger partial charge in [0, 0.05) is 23.5 Å². The molecule has 0 aliphatic carbocycles. The number of nitrogens with zero attached hydrogens (tertiary/aromatic N) is 2. The Hall–Kier alpha value is -6.00. The lowest BCUT2D eigenvalue weighted by molar-refractivity contribution is -0.246. The number of aliphatic hydroxyl groups excluding tert-OH is 1. The van der Waals surface area contributed by atoms with E-state index in [4.69, 9.17) is 5.73 Å². The fourth-order valence-corrected chi connectivity index (χ4v) is 5.70. The Morgan fingerprint density at radius 1 is 0.755 bits per heavy atom. The van der Waals surface area contributed by atoms with E-state index in [1.54, 1.807) is 66.9 Å². The molecule has 0 spiro atoms. The van der Waals surface area contributed by atoms with Gasteiger partial charge in [0.05, 0.1) is 35.6 Å². The van der Waals surface area contributed by atoms with Crippen molar-refractivity contribution in [3.8, 4) is 0 Å². The number of anilines is 2. The number of rotatable bonds is 14. The maximum atomic E-state index is 14.0. The number of nitrogens with two attached hydrogens (primary N) is 1. The first-order valence-electron chi connectivity index (χ1n) is 16.0. The molecule has 3 amide bonds.